The maximum absolute atomic E-state index is 4.41. The van der Waals surface area contributed by atoms with Gasteiger partial charge < -0.3 is 0 Å². The predicted molar refractivity (Wildman–Crippen MR) is 58.2 cm³/mol. The molecule has 0 saturated heterocycles. The van der Waals surface area contributed by atoms with Gasteiger partial charge in [0.05, 0.1) is 5.52 Å². The van der Waals surface area contributed by atoms with E-state index in [9.17, 15) is 0 Å². The first-order valence-corrected chi connectivity index (χ1v) is 4.77. The van der Waals surface area contributed by atoms with Crippen molar-refractivity contribution in [2.45, 2.75) is 26.2 Å². The van der Waals surface area contributed by atoms with Crippen LogP contribution in [0.4, 0.5) is 0 Å². The largest absolute Gasteiger partial charge is 0.264 e. The summed E-state index contributed by atoms with van der Waals surface area (Å²) in [6, 6.07) is 4.09. The predicted octanol–water partition coefficient (Wildman–Crippen LogP) is 2.93. The van der Waals surface area contributed by atoms with Gasteiger partial charge in [0.15, 0.2) is 0 Å². The number of nitrogens with zero attached hydrogens (tertiary/aromatic N) is 2. The monoisotopic (exact) mass is 186 g/mol. The zero-order chi connectivity index (χ0) is 10.2. The standard InChI is InChI=1S/C12H14N2/c1-12(2,3)10-6-9-7-13-5-4-11(9)14-8-10/h4-8H,1-3H3. The zero-order valence-corrected chi connectivity index (χ0v) is 8.78. The van der Waals surface area contributed by atoms with Gasteiger partial charge in [-0.15, -0.1) is 0 Å². The number of rotatable bonds is 0. The molecule has 0 aliphatic carbocycles. The Kier molecular flexibility index (Phi) is 1.99. The average molecular weight is 186 g/mol. The first-order valence-electron chi connectivity index (χ1n) is 4.77. The summed E-state index contributed by atoms with van der Waals surface area (Å²) in [4.78, 5) is 8.50. The van der Waals surface area contributed by atoms with E-state index in [1.165, 1.54) is 5.56 Å². The van der Waals surface area contributed by atoms with Crippen molar-refractivity contribution < 1.29 is 0 Å². The molecule has 0 aromatic carbocycles. The van der Waals surface area contributed by atoms with E-state index in [0.717, 1.165) is 10.9 Å². The van der Waals surface area contributed by atoms with Gasteiger partial charge in [-0.1, -0.05) is 20.8 Å². The van der Waals surface area contributed by atoms with Crippen molar-refractivity contribution in [3.63, 3.8) is 0 Å². The summed E-state index contributed by atoms with van der Waals surface area (Å²) in [6.45, 7) is 6.56. The molecule has 2 heteroatoms. The van der Waals surface area contributed by atoms with E-state index in [2.05, 4.69) is 36.8 Å². The smallest absolute Gasteiger partial charge is 0.0732 e. The Hall–Kier alpha value is -1.44. The summed E-state index contributed by atoms with van der Waals surface area (Å²) in [5, 5.41) is 1.11. The molecule has 14 heavy (non-hydrogen) atoms. The van der Waals surface area contributed by atoms with Crippen LogP contribution in [-0.2, 0) is 5.41 Å². The van der Waals surface area contributed by atoms with Crippen molar-refractivity contribution in [1.82, 2.24) is 9.97 Å². The van der Waals surface area contributed by atoms with Crippen LogP contribution in [0.1, 0.15) is 26.3 Å². The van der Waals surface area contributed by atoms with Gasteiger partial charge >= 0.3 is 0 Å². The van der Waals surface area contributed by atoms with E-state index in [1.54, 1.807) is 6.20 Å². The second-order valence-electron chi connectivity index (χ2n) is 4.54. The van der Waals surface area contributed by atoms with Crippen LogP contribution in [0, 0.1) is 0 Å². The molecule has 0 saturated carbocycles. The summed E-state index contributed by atoms with van der Waals surface area (Å²) in [5.41, 5.74) is 2.41. The fourth-order valence-corrected chi connectivity index (χ4v) is 1.38. The van der Waals surface area contributed by atoms with Gasteiger partial charge in [-0.3, -0.25) is 9.97 Å². The topological polar surface area (TPSA) is 25.8 Å². The van der Waals surface area contributed by atoms with Crippen LogP contribution in [0.3, 0.4) is 0 Å². The van der Waals surface area contributed by atoms with Gasteiger partial charge in [0.1, 0.15) is 0 Å². The molecule has 0 unspecified atom stereocenters. The summed E-state index contributed by atoms with van der Waals surface area (Å²) in [5.74, 6) is 0. The Morgan fingerprint density at radius 1 is 1.14 bits per heavy atom. The first-order chi connectivity index (χ1) is 6.57. The Bertz CT molecular complexity index is 455. The Morgan fingerprint density at radius 2 is 1.93 bits per heavy atom. The SMILES string of the molecule is CC(C)(C)c1cnc2ccncc2c1. The Labute approximate surface area is 84.0 Å². The molecule has 2 rings (SSSR count). The molecule has 0 amide bonds. The van der Waals surface area contributed by atoms with Gasteiger partial charge in [-0.05, 0) is 23.1 Å². The third-order valence-electron chi connectivity index (χ3n) is 2.35. The van der Waals surface area contributed by atoms with Crippen molar-refractivity contribution in [1.29, 1.82) is 0 Å². The minimum Gasteiger partial charge on any atom is -0.264 e. The lowest BCUT2D eigenvalue weighted by Crippen LogP contribution is -2.11. The van der Waals surface area contributed by atoms with Crippen LogP contribution < -0.4 is 0 Å². The molecular weight excluding hydrogens is 172 g/mol. The molecule has 0 bridgehead atoms. The van der Waals surface area contributed by atoms with Crippen LogP contribution in [-0.4, -0.2) is 9.97 Å². The first kappa shape index (κ1) is 9.13. The molecule has 72 valence electrons. The fourth-order valence-electron chi connectivity index (χ4n) is 1.38. The minimum absolute atomic E-state index is 0.150. The van der Waals surface area contributed by atoms with Gasteiger partial charge in [-0.25, -0.2) is 0 Å². The third-order valence-corrected chi connectivity index (χ3v) is 2.35. The van der Waals surface area contributed by atoms with Crippen molar-refractivity contribution >= 4 is 10.9 Å². The molecular formula is C12H14N2. The van der Waals surface area contributed by atoms with Gasteiger partial charge in [0, 0.05) is 24.0 Å². The number of pyridine rings is 2. The highest BCUT2D eigenvalue weighted by atomic mass is 14.7. The van der Waals surface area contributed by atoms with E-state index >= 15 is 0 Å². The molecule has 0 fully saturated rings. The number of hydrogen-bond acceptors (Lipinski definition) is 2. The number of aromatic nitrogens is 2. The molecule has 0 N–H and O–H groups in total. The lowest BCUT2D eigenvalue weighted by molar-refractivity contribution is 0.588. The quantitative estimate of drug-likeness (QED) is 0.632. The molecule has 0 spiro atoms. The summed E-state index contributed by atoms with van der Waals surface area (Å²) >= 11 is 0. The van der Waals surface area contributed by atoms with E-state index < -0.39 is 0 Å². The molecule has 0 aliphatic rings. The highest BCUT2D eigenvalue weighted by Crippen LogP contribution is 2.23. The average Bonchev–Trinajstić information content (AvgIpc) is 2.16. The summed E-state index contributed by atoms with van der Waals surface area (Å²) in [7, 11) is 0. The van der Waals surface area contributed by atoms with Crippen LogP contribution in [0.25, 0.3) is 10.9 Å². The van der Waals surface area contributed by atoms with Gasteiger partial charge in [0.2, 0.25) is 0 Å². The second-order valence-corrected chi connectivity index (χ2v) is 4.54. The van der Waals surface area contributed by atoms with Crippen molar-refractivity contribution in [2.24, 2.45) is 0 Å². The van der Waals surface area contributed by atoms with E-state index in [0.29, 0.717) is 0 Å². The van der Waals surface area contributed by atoms with Crippen LogP contribution in [0.15, 0.2) is 30.7 Å². The van der Waals surface area contributed by atoms with Crippen LogP contribution >= 0.6 is 0 Å². The van der Waals surface area contributed by atoms with Crippen molar-refractivity contribution in [3.05, 3.63) is 36.3 Å². The highest BCUT2D eigenvalue weighted by molar-refractivity contribution is 5.77. The van der Waals surface area contributed by atoms with Crippen molar-refractivity contribution in [3.8, 4) is 0 Å². The molecule has 0 atom stereocenters. The normalized spacial score (nSPS) is 11.9. The molecule has 0 aliphatic heterocycles. The molecule has 2 heterocycles. The van der Waals surface area contributed by atoms with Gasteiger partial charge in [-0.2, -0.15) is 0 Å². The van der Waals surface area contributed by atoms with E-state index in [1.807, 2.05) is 18.5 Å². The molecule has 2 nitrogen and oxygen atoms in total. The highest BCUT2D eigenvalue weighted by Gasteiger charge is 2.14. The lowest BCUT2D eigenvalue weighted by atomic mass is 9.88. The van der Waals surface area contributed by atoms with E-state index in [4.69, 9.17) is 0 Å². The van der Waals surface area contributed by atoms with Crippen LogP contribution in [0.5, 0.6) is 0 Å². The minimum atomic E-state index is 0.150. The molecule has 2 aromatic rings. The van der Waals surface area contributed by atoms with Crippen molar-refractivity contribution in [2.75, 3.05) is 0 Å². The third kappa shape index (κ3) is 1.60. The van der Waals surface area contributed by atoms with Crippen LogP contribution in [0.2, 0.25) is 0 Å². The second kappa shape index (κ2) is 3.05. The number of hydrogen-bond donors (Lipinski definition) is 0. The Morgan fingerprint density at radius 3 is 2.64 bits per heavy atom. The molecule has 0 radical (unpaired) electrons. The lowest BCUT2D eigenvalue weighted by Gasteiger charge is -2.18. The van der Waals surface area contributed by atoms with Gasteiger partial charge in [0.25, 0.3) is 0 Å². The van der Waals surface area contributed by atoms with E-state index in [-0.39, 0.29) is 5.41 Å². The maximum Gasteiger partial charge on any atom is 0.0732 e. The maximum atomic E-state index is 4.41. The zero-order valence-electron chi connectivity index (χ0n) is 8.78. The molecule has 2 aromatic heterocycles. The Balaban J connectivity index is 2.63. The number of fused-ring (bicyclic) bond motifs is 1. The fraction of sp³-hybridized carbons (Fsp3) is 0.333. The summed E-state index contributed by atoms with van der Waals surface area (Å²) < 4.78 is 0. The summed E-state index contributed by atoms with van der Waals surface area (Å²) in [6.07, 6.45) is 5.58.